The number of nitrogens with zero attached hydrogens (tertiary/aromatic N) is 3. The molecular weight excluding hydrogens is 364 g/mol. The van der Waals surface area contributed by atoms with E-state index in [1.54, 1.807) is 13.2 Å². The van der Waals surface area contributed by atoms with E-state index in [0.717, 1.165) is 57.1 Å². The van der Waals surface area contributed by atoms with E-state index >= 15 is 0 Å². The van der Waals surface area contributed by atoms with Crippen LogP contribution in [0, 0.1) is 5.92 Å². The molecule has 3 rings (SSSR count). The summed E-state index contributed by atoms with van der Waals surface area (Å²) in [5.41, 5.74) is 0. The van der Waals surface area contributed by atoms with Gasteiger partial charge in [-0.05, 0) is 37.8 Å². The van der Waals surface area contributed by atoms with Crippen LogP contribution in [-0.4, -0.2) is 56.1 Å². The molecule has 2 fully saturated rings. The number of hydrogen-bond acceptors (Lipinski definition) is 4. The molecule has 1 amide bonds. The van der Waals surface area contributed by atoms with Gasteiger partial charge in [-0.15, -0.1) is 0 Å². The number of nitrogens with one attached hydrogen (secondary N) is 3. The second kappa shape index (κ2) is 9.78. The van der Waals surface area contributed by atoms with Crippen molar-refractivity contribution in [2.75, 3.05) is 38.1 Å². The van der Waals surface area contributed by atoms with Crippen molar-refractivity contribution >= 4 is 29.3 Å². The first kappa shape index (κ1) is 19.7. The van der Waals surface area contributed by atoms with Gasteiger partial charge in [-0.3, -0.25) is 9.79 Å². The summed E-state index contributed by atoms with van der Waals surface area (Å²) in [4.78, 5) is 22.7. The van der Waals surface area contributed by atoms with E-state index in [4.69, 9.17) is 11.6 Å². The molecular formula is C19H29ClN6O. The van der Waals surface area contributed by atoms with Gasteiger partial charge in [-0.25, -0.2) is 4.98 Å². The van der Waals surface area contributed by atoms with Crippen molar-refractivity contribution in [1.82, 2.24) is 20.9 Å². The normalized spacial score (nSPS) is 20.3. The molecule has 1 aliphatic carbocycles. The number of rotatable bonds is 7. The summed E-state index contributed by atoms with van der Waals surface area (Å²) >= 11 is 6.25. The molecule has 1 saturated carbocycles. The molecule has 8 heteroatoms. The zero-order valence-electron chi connectivity index (χ0n) is 15.9. The third-order valence-electron chi connectivity index (χ3n) is 5.21. The summed E-state index contributed by atoms with van der Waals surface area (Å²) in [7, 11) is 1.77. The van der Waals surface area contributed by atoms with E-state index in [9.17, 15) is 4.79 Å². The van der Waals surface area contributed by atoms with Crippen LogP contribution in [0.25, 0.3) is 0 Å². The quantitative estimate of drug-likeness (QED) is 0.374. The molecule has 0 bridgehead atoms. The lowest BCUT2D eigenvalue weighted by Crippen LogP contribution is -2.45. The van der Waals surface area contributed by atoms with Gasteiger partial charge < -0.3 is 20.9 Å². The predicted octanol–water partition coefficient (Wildman–Crippen LogP) is 1.79. The van der Waals surface area contributed by atoms with Crippen LogP contribution in [0.3, 0.4) is 0 Å². The monoisotopic (exact) mass is 392 g/mol. The van der Waals surface area contributed by atoms with Crippen molar-refractivity contribution in [3.8, 4) is 0 Å². The number of amides is 1. The molecule has 7 nitrogen and oxygen atoms in total. The summed E-state index contributed by atoms with van der Waals surface area (Å²) in [6, 6.07) is 4.01. The van der Waals surface area contributed by atoms with Crippen LogP contribution >= 0.6 is 11.6 Å². The molecule has 27 heavy (non-hydrogen) atoms. The van der Waals surface area contributed by atoms with Gasteiger partial charge in [0.2, 0.25) is 5.91 Å². The highest BCUT2D eigenvalue weighted by Gasteiger charge is 2.26. The summed E-state index contributed by atoms with van der Waals surface area (Å²) in [5.74, 6) is 2.10. The number of aromatic nitrogens is 1. The fraction of sp³-hybridized carbons (Fsp3) is 0.632. The number of anilines is 1. The Morgan fingerprint density at radius 3 is 2.85 bits per heavy atom. The minimum atomic E-state index is 0.211. The maximum Gasteiger partial charge on any atom is 0.223 e. The second-order valence-electron chi connectivity index (χ2n) is 7.16. The number of aliphatic imine (C=N–C) groups is 1. The van der Waals surface area contributed by atoms with Gasteiger partial charge in [0.15, 0.2) is 5.96 Å². The summed E-state index contributed by atoms with van der Waals surface area (Å²) in [6.45, 7) is 3.23. The van der Waals surface area contributed by atoms with E-state index in [2.05, 4.69) is 30.8 Å². The summed E-state index contributed by atoms with van der Waals surface area (Å²) in [5, 5.41) is 10.5. The number of guanidine groups is 1. The largest absolute Gasteiger partial charge is 0.356 e. The van der Waals surface area contributed by atoms with E-state index in [-0.39, 0.29) is 11.8 Å². The standard InChI is InChI=1S/C19H29ClN6O/c1-21-19(24-11-4-10-23-18(27)14-5-2-6-14)25-15-8-12-26(13-15)17-16(20)7-3-9-22-17/h3,7,9,14-15H,2,4-6,8,10-13H2,1H3,(H,23,27)(H2,21,24,25). The SMILES string of the molecule is CN=C(NCCCNC(=O)C1CCC1)NC1CCN(c2ncccc2Cl)C1. The first-order valence-electron chi connectivity index (χ1n) is 9.77. The molecule has 0 spiro atoms. The maximum absolute atomic E-state index is 11.8. The van der Waals surface area contributed by atoms with Crippen LogP contribution < -0.4 is 20.9 Å². The zero-order valence-corrected chi connectivity index (χ0v) is 16.6. The number of pyridine rings is 1. The van der Waals surface area contributed by atoms with Crippen LogP contribution in [0.2, 0.25) is 5.02 Å². The topological polar surface area (TPSA) is 81.6 Å². The molecule has 0 radical (unpaired) electrons. The smallest absolute Gasteiger partial charge is 0.223 e. The molecule has 3 N–H and O–H groups in total. The van der Waals surface area contributed by atoms with Crippen molar-refractivity contribution in [2.45, 2.75) is 38.1 Å². The third-order valence-corrected chi connectivity index (χ3v) is 5.51. The van der Waals surface area contributed by atoms with Crippen molar-refractivity contribution in [3.05, 3.63) is 23.4 Å². The Kier molecular flexibility index (Phi) is 7.15. The Morgan fingerprint density at radius 2 is 2.15 bits per heavy atom. The molecule has 1 saturated heterocycles. The van der Waals surface area contributed by atoms with Crippen molar-refractivity contribution < 1.29 is 4.79 Å². The summed E-state index contributed by atoms with van der Waals surface area (Å²) < 4.78 is 0. The second-order valence-corrected chi connectivity index (χ2v) is 7.56. The van der Waals surface area contributed by atoms with Crippen LogP contribution in [0.5, 0.6) is 0 Å². The molecule has 2 heterocycles. The minimum Gasteiger partial charge on any atom is -0.356 e. The average molecular weight is 393 g/mol. The van der Waals surface area contributed by atoms with E-state index in [1.165, 1.54) is 6.42 Å². The fourth-order valence-corrected chi connectivity index (χ4v) is 3.63. The van der Waals surface area contributed by atoms with E-state index in [0.29, 0.717) is 17.6 Å². The van der Waals surface area contributed by atoms with Gasteiger partial charge in [0, 0.05) is 51.4 Å². The molecule has 2 aliphatic rings. The lowest BCUT2D eigenvalue weighted by atomic mass is 9.85. The van der Waals surface area contributed by atoms with E-state index in [1.807, 2.05) is 12.1 Å². The number of hydrogen-bond donors (Lipinski definition) is 3. The highest BCUT2D eigenvalue weighted by molar-refractivity contribution is 6.32. The van der Waals surface area contributed by atoms with Crippen LogP contribution in [0.4, 0.5) is 5.82 Å². The molecule has 1 aromatic heterocycles. The number of carbonyl (C=O) groups excluding carboxylic acids is 1. The van der Waals surface area contributed by atoms with Gasteiger partial charge in [0.25, 0.3) is 0 Å². The predicted molar refractivity (Wildman–Crippen MR) is 109 cm³/mol. The Labute approximate surface area is 166 Å². The minimum absolute atomic E-state index is 0.211. The fourth-order valence-electron chi connectivity index (χ4n) is 3.39. The van der Waals surface area contributed by atoms with Crippen molar-refractivity contribution in [2.24, 2.45) is 10.9 Å². The maximum atomic E-state index is 11.8. The molecule has 0 aromatic carbocycles. The van der Waals surface area contributed by atoms with Crippen molar-refractivity contribution in [3.63, 3.8) is 0 Å². The highest BCUT2D eigenvalue weighted by atomic mass is 35.5. The average Bonchev–Trinajstić information content (AvgIpc) is 3.07. The van der Waals surface area contributed by atoms with Crippen LogP contribution in [0.15, 0.2) is 23.3 Å². The highest BCUT2D eigenvalue weighted by Crippen LogP contribution is 2.26. The first-order chi connectivity index (χ1) is 13.2. The first-order valence-corrected chi connectivity index (χ1v) is 10.2. The van der Waals surface area contributed by atoms with Gasteiger partial charge in [-0.2, -0.15) is 0 Å². The summed E-state index contributed by atoms with van der Waals surface area (Å²) in [6.07, 6.45) is 6.93. The molecule has 1 aromatic rings. The van der Waals surface area contributed by atoms with Crippen LogP contribution in [0.1, 0.15) is 32.1 Å². The Bertz CT molecular complexity index is 663. The molecule has 1 unspecified atom stereocenters. The van der Waals surface area contributed by atoms with Crippen molar-refractivity contribution in [1.29, 1.82) is 0 Å². The third kappa shape index (κ3) is 5.48. The van der Waals surface area contributed by atoms with Crippen LogP contribution in [-0.2, 0) is 4.79 Å². The lowest BCUT2D eigenvalue weighted by Gasteiger charge is -2.24. The van der Waals surface area contributed by atoms with Gasteiger partial charge in [-0.1, -0.05) is 18.0 Å². The Morgan fingerprint density at radius 1 is 1.33 bits per heavy atom. The Balaban J connectivity index is 1.34. The lowest BCUT2D eigenvalue weighted by molar-refractivity contribution is -0.127. The van der Waals surface area contributed by atoms with E-state index < -0.39 is 0 Å². The van der Waals surface area contributed by atoms with Gasteiger partial charge in [0.1, 0.15) is 5.82 Å². The molecule has 1 aliphatic heterocycles. The molecule has 148 valence electrons. The van der Waals surface area contributed by atoms with Gasteiger partial charge >= 0.3 is 0 Å². The number of carbonyl (C=O) groups is 1. The van der Waals surface area contributed by atoms with Gasteiger partial charge in [0.05, 0.1) is 5.02 Å². The Hall–Kier alpha value is -2.02. The zero-order chi connectivity index (χ0) is 19.1. The number of halogens is 1. The molecule has 1 atom stereocenters.